The van der Waals surface area contributed by atoms with Crippen LogP contribution in [-0.2, 0) is 9.47 Å². The van der Waals surface area contributed by atoms with Gasteiger partial charge in [0, 0.05) is 6.04 Å². The molecule has 0 spiro atoms. The molecule has 1 aliphatic carbocycles. The van der Waals surface area contributed by atoms with Gasteiger partial charge in [0.05, 0.1) is 25.7 Å². The van der Waals surface area contributed by atoms with Gasteiger partial charge in [0.25, 0.3) is 0 Å². The quantitative estimate of drug-likeness (QED) is 0.907. The molecule has 1 saturated heterocycles. The third-order valence-corrected chi connectivity index (χ3v) is 4.11. The molecule has 1 saturated carbocycles. The van der Waals surface area contributed by atoms with Gasteiger partial charge in [-0.05, 0) is 19.4 Å². The number of nitrogens with one attached hydrogen (secondary N) is 1. The van der Waals surface area contributed by atoms with Crippen LogP contribution in [0.5, 0.6) is 0 Å². The first-order chi connectivity index (χ1) is 9.88. The Morgan fingerprint density at radius 1 is 1.25 bits per heavy atom. The molecule has 3 rings (SSSR count). The first-order valence-electron chi connectivity index (χ1n) is 7.64. The Kier molecular flexibility index (Phi) is 4.65. The summed E-state index contributed by atoms with van der Waals surface area (Å²) in [6, 6.07) is 0.450. The zero-order valence-corrected chi connectivity index (χ0v) is 12.0. The minimum Gasteiger partial charge on any atom is -0.376 e. The molecule has 1 aromatic heterocycles. The molecule has 1 aromatic rings. The summed E-state index contributed by atoms with van der Waals surface area (Å²) in [6.07, 6.45) is 4.62. The van der Waals surface area contributed by atoms with Crippen LogP contribution in [0.25, 0.3) is 0 Å². The molecule has 0 amide bonds. The summed E-state index contributed by atoms with van der Waals surface area (Å²) in [5.41, 5.74) is 0. The van der Waals surface area contributed by atoms with Gasteiger partial charge in [0.2, 0.25) is 11.7 Å². The van der Waals surface area contributed by atoms with Crippen LogP contribution in [0.2, 0.25) is 0 Å². The second-order valence-corrected chi connectivity index (χ2v) is 5.48. The van der Waals surface area contributed by atoms with E-state index in [0.29, 0.717) is 37.6 Å². The van der Waals surface area contributed by atoms with Crippen LogP contribution in [0, 0.1) is 0 Å². The van der Waals surface area contributed by atoms with Gasteiger partial charge in [0.1, 0.15) is 6.10 Å². The largest absolute Gasteiger partial charge is 0.376 e. The highest BCUT2D eigenvalue weighted by atomic mass is 16.6. The predicted octanol–water partition coefficient (Wildman–Crippen LogP) is 1.79. The fourth-order valence-electron chi connectivity index (χ4n) is 3.10. The maximum atomic E-state index is 5.61. The lowest BCUT2D eigenvalue weighted by atomic mass is 9.84. The molecule has 112 valence electrons. The Bertz CT molecular complexity index is 416. The Morgan fingerprint density at radius 2 is 2.15 bits per heavy atom. The van der Waals surface area contributed by atoms with Gasteiger partial charge in [-0.1, -0.05) is 24.9 Å². The molecular formula is C14H23N3O3. The van der Waals surface area contributed by atoms with E-state index < -0.39 is 0 Å². The summed E-state index contributed by atoms with van der Waals surface area (Å²) in [5, 5.41) is 7.63. The Labute approximate surface area is 119 Å². The Balaban J connectivity index is 1.70. The summed E-state index contributed by atoms with van der Waals surface area (Å²) in [7, 11) is 0. The van der Waals surface area contributed by atoms with Crippen molar-refractivity contribution in [3.05, 3.63) is 11.7 Å². The van der Waals surface area contributed by atoms with Crippen LogP contribution >= 0.6 is 0 Å². The van der Waals surface area contributed by atoms with E-state index in [-0.39, 0.29) is 6.10 Å². The van der Waals surface area contributed by atoms with Gasteiger partial charge in [-0.15, -0.1) is 0 Å². The summed E-state index contributed by atoms with van der Waals surface area (Å²) in [6.45, 7) is 4.87. The molecule has 6 heteroatoms. The molecule has 0 aromatic carbocycles. The Morgan fingerprint density at radius 3 is 2.95 bits per heavy atom. The molecule has 3 atom stereocenters. The van der Waals surface area contributed by atoms with Crippen molar-refractivity contribution in [1.82, 2.24) is 15.5 Å². The van der Waals surface area contributed by atoms with Gasteiger partial charge < -0.3 is 19.3 Å². The van der Waals surface area contributed by atoms with Crippen molar-refractivity contribution in [2.75, 3.05) is 26.4 Å². The van der Waals surface area contributed by atoms with Crippen molar-refractivity contribution < 1.29 is 14.0 Å². The SMILES string of the molecule is CCNC1CCCCC1c1nc(C2COCCO2)no1. The summed E-state index contributed by atoms with van der Waals surface area (Å²) in [4.78, 5) is 4.57. The van der Waals surface area contributed by atoms with Crippen LogP contribution in [0.1, 0.15) is 56.3 Å². The van der Waals surface area contributed by atoms with Crippen molar-refractivity contribution in [3.63, 3.8) is 0 Å². The summed E-state index contributed by atoms with van der Waals surface area (Å²) in [5.74, 6) is 1.70. The topological polar surface area (TPSA) is 69.4 Å². The van der Waals surface area contributed by atoms with E-state index in [9.17, 15) is 0 Å². The molecule has 3 unspecified atom stereocenters. The molecule has 6 nitrogen and oxygen atoms in total. The molecule has 0 bridgehead atoms. The highest BCUT2D eigenvalue weighted by molar-refractivity contribution is 5.03. The smallest absolute Gasteiger partial charge is 0.231 e. The number of hydrogen-bond acceptors (Lipinski definition) is 6. The average Bonchev–Trinajstić information content (AvgIpc) is 2.99. The lowest BCUT2D eigenvalue weighted by Crippen LogP contribution is -2.37. The summed E-state index contributed by atoms with van der Waals surface area (Å²) < 4.78 is 16.5. The van der Waals surface area contributed by atoms with Gasteiger partial charge in [-0.3, -0.25) is 0 Å². The maximum Gasteiger partial charge on any atom is 0.231 e. The minimum absolute atomic E-state index is 0.178. The van der Waals surface area contributed by atoms with E-state index >= 15 is 0 Å². The third kappa shape index (κ3) is 3.02. The number of rotatable bonds is 4. The standard InChI is InChI=1S/C14H23N3O3/c1-2-15-11-6-4-3-5-10(11)14-16-13(17-20-14)12-9-18-7-8-19-12/h10-12,15H,2-9H2,1H3. The molecule has 1 N–H and O–H groups in total. The van der Waals surface area contributed by atoms with E-state index in [4.69, 9.17) is 14.0 Å². The molecular weight excluding hydrogens is 258 g/mol. The highest BCUT2D eigenvalue weighted by Crippen LogP contribution is 2.33. The van der Waals surface area contributed by atoms with Crippen LogP contribution in [-0.4, -0.2) is 42.5 Å². The van der Waals surface area contributed by atoms with E-state index in [1.807, 2.05) is 0 Å². The number of ether oxygens (including phenoxy) is 2. The van der Waals surface area contributed by atoms with E-state index in [2.05, 4.69) is 22.4 Å². The summed E-state index contributed by atoms with van der Waals surface area (Å²) >= 11 is 0. The fourth-order valence-corrected chi connectivity index (χ4v) is 3.10. The second kappa shape index (κ2) is 6.65. The van der Waals surface area contributed by atoms with Gasteiger partial charge >= 0.3 is 0 Å². The van der Waals surface area contributed by atoms with Crippen LogP contribution in [0.4, 0.5) is 0 Å². The lowest BCUT2D eigenvalue weighted by molar-refractivity contribution is -0.0941. The van der Waals surface area contributed by atoms with Gasteiger partial charge in [0.15, 0.2) is 0 Å². The molecule has 2 fully saturated rings. The van der Waals surface area contributed by atoms with Crippen molar-refractivity contribution in [2.24, 2.45) is 0 Å². The highest BCUT2D eigenvalue weighted by Gasteiger charge is 2.31. The molecule has 0 radical (unpaired) electrons. The van der Waals surface area contributed by atoms with Crippen molar-refractivity contribution in [1.29, 1.82) is 0 Å². The first kappa shape index (κ1) is 14.0. The normalized spacial score (nSPS) is 31.4. The monoisotopic (exact) mass is 281 g/mol. The number of hydrogen-bond donors (Lipinski definition) is 1. The Hall–Kier alpha value is -0.980. The lowest BCUT2D eigenvalue weighted by Gasteiger charge is -2.29. The van der Waals surface area contributed by atoms with Crippen LogP contribution in [0.3, 0.4) is 0 Å². The zero-order chi connectivity index (χ0) is 13.8. The zero-order valence-electron chi connectivity index (χ0n) is 12.0. The predicted molar refractivity (Wildman–Crippen MR) is 72.5 cm³/mol. The third-order valence-electron chi connectivity index (χ3n) is 4.11. The molecule has 1 aliphatic heterocycles. The second-order valence-electron chi connectivity index (χ2n) is 5.48. The van der Waals surface area contributed by atoms with Crippen molar-refractivity contribution in [3.8, 4) is 0 Å². The average molecular weight is 281 g/mol. The number of nitrogens with zero attached hydrogens (tertiary/aromatic N) is 2. The van der Waals surface area contributed by atoms with E-state index in [0.717, 1.165) is 18.9 Å². The molecule has 2 aliphatic rings. The van der Waals surface area contributed by atoms with Gasteiger partial charge in [-0.25, -0.2) is 0 Å². The van der Waals surface area contributed by atoms with Crippen molar-refractivity contribution in [2.45, 2.75) is 50.7 Å². The first-order valence-corrected chi connectivity index (χ1v) is 7.64. The molecule has 2 heterocycles. The van der Waals surface area contributed by atoms with Crippen LogP contribution in [0.15, 0.2) is 4.52 Å². The molecule has 20 heavy (non-hydrogen) atoms. The number of aromatic nitrogens is 2. The van der Waals surface area contributed by atoms with Crippen molar-refractivity contribution >= 4 is 0 Å². The van der Waals surface area contributed by atoms with E-state index in [1.54, 1.807) is 0 Å². The van der Waals surface area contributed by atoms with Gasteiger partial charge in [-0.2, -0.15) is 4.98 Å². The fraction of sp³-hybridized carbons (Fsp3) is 0.857. The number of likely N-dealkylation sites (N-methyl/N-ethyl adjacent to an activating group) is 1. The van der Waals surface area contributed by atoms with E-state index in [1.165, 1.54) is 19.3 Å². The minimum atomic E-state index is -0.178. The maximum absolute atomic E-state index is 5.61. The van der Waals surface area contributed by atoms with Crippen LogP contribution < -0.4 is 5.32 Å².